The van der Waals surface area contributed by atoms with Gasteiger partial charge in [-0.2, -0.15) is 0 Å². The molecular weight excluding hydrogens is 254 g/mol. The standard InChI is InChI=1S/C16H17NO3/c1-11-7-9-13(10-8-11)20-12(2)16(19)17-14-5-3-4-6-15(14)18/h3-10,12,18H,1-2H3,(H,17,19)/t12-/m0/s1. The highest BCUT2D eigenvalue weighted by molar-refractivity contribution is 5.95. The van der Waals surface area contributed by atoms with E-state index in [0.29, 0.717) is 11.4 Å². The minimum Gasteiger partial charge on any atom is -0.506 e. The Kier molecular flexibility index (Phi) is 4.25. The molecule has 1 atom stereocenters. The van der Waals surface area contributed by atoms with Crippen LogP contribution in [0.3, 0.4) is 0 Å². The molecule has 0 spiro atoms. The number of carbonyl (C=O) groups excluding carboxylic acids is 1. The van der Waals surface area contributed by atoms with Crippen LogP contribution in [-0.4, -0.2) is 17.1 Å². The third-order valence-corrected chi connectivity index (χ3v) is 2.86. The molecule has 0 saturated heterocycles. The van der Waals surface area contributed by atoms with Crippen LogP contribution >= 0.6 is 0 Å². The Morgan fingerprint density at radius 1 is 1.15 bits per heavy atom. The van der Waals surface area contributed by atoms with Crippen LogP contribution in [0.5, 0.6) is 11.5 Å². The molecule has 0 heterocycles. The summed E-state index contributed by atoms with van der Waals surface area (Å²) in [6.07, 6.45) is -0.655. The van der Waals surface area contributed by atoms with Crippen molar-refractivity contribution in [3.05, 3.63) is 54.1 Å². The van der Waals surface area contributed by atoms with E-state index in [4.69, 9.17) is 4.74 Å². The Hall–Kier alpha value is -2.49. The third kappa shape index (κ3) is 3.51. The molecule has 0 aliphatic carbocycles. The molecule has 4 nitrogen and oxygen atoms in total. The summed E-state index contributed by atoms with van der Waals surface area (Å²) in [5.41, 5.74) is 1.50. The molecule has 0 bridgehead atoms. The first-order valence-electron chi connectivity index (χ1n) is 6.38. The van der Waals surface area contributed by atoms with Crippen molar-refractivity contribution in [3.8, 4) is 11.5 Å². The first kappa shape index (κ1) is 13.9. The summed E-state index contributed by atoms with van der Waals surface area (Å²) in [5.74, 6) is 0.353. The largest absolute Gasteiger partial charge is 0.506 e. The summed E-state index contributed by atoms with van der Waals surface area (Å²) < 4.78 is 5.55. The van der Waals surface area contributed by atoms with Crippen molar-refractivity contribution in [1.29, 1.82) is 0 Å². The second-order valence-corrected chi connectivity index (χ2v) is 4.58. The van der Waals surface area contributed by atoms with Crippen molar-refractivity contribution in [3.63, 3.8) is 0 Å². The lowest BCUT2D eigenvalue weighted by molar-refractivity contribution is -0.122. The van der Waals surface area contributed by atoms with E-state index in [1.807, 2.05) is 31.2 Å². The smallest absolute Gasteiger partial charge is 0.265 e. The molecule has 2 N–H and O–H groups in total. The molecule has 2 aromatic rings. The van der Waals surface area contributed by atoms with Gasteiger partial charge in [0.1, 0.15) is 11.5 Å². The highest BCUT2D eigenvalue weighted by atomic mass is 16.5. The van der Waals surface area contributed by atoms with Crippen LogP contribution in [0.15, 0.2) is 48.5 Å². The lowest BCUT2D eigenvalue weighted by Gasteiger charge is -2.15. The van der Waals surface area contributed by atoms with E-state index in [2.05, 4.69) is 5.32 Å². The summed E-state index contributed by atoms with van der Waals surface area (Å²) in [6, 6.07) is 14.1. The van der Waals surface area contributed by atoms with Crippen molar-refractivity contribution in [2.45, 2.75) is 20.0 Å². The summed E-state index contributed by atoms with van der Waals surface area (Å²) in [5, 5.41) is 12.2. The zero-order valence-corrected chi connectivity index (χ0v) is 11.5. The summed E-state index contributed by atoms with van der Waals surface area (Å²) >= 11 is 0. The molecule has 2 rings (SSSR count). The second-order valence-electron chi connectivity index (χ2n) is 4.58. The predicted molar refractivity (Wildman–Crippen MR) is 78.0 cm³/mol. The molecular formula is C16H17NO3. The van der Waals surface area contributed by atoms with Crippen LogP contribution in [-0.2, 0) is 4.79 Å². The summed E-state index contributed by atoms with van der Waals surface area (Å²) in [6.45, 7) is 3.65. The van der Waals surface area contributed by atoms with E-state index >= 15 is 0 Å². The molecule has 0 fully saturated rings. The maximum absolute atomic E-state index is 12.0. The van der Waals surface area contributed by atoms with Crippen LogP contribution in [0.1, 0.15) is 12.5 Å². The fourth-order valence-electron chi connectivity index (χ4n) is 1.69. The molecule has 104 valence electrons. The van der Waals surface area contributed by atoms with Gasteiger partial charge in [0.2, 0.25) is 0 Å². The molecule has 0 radical (unpaired) electrons. The number of nitrogens with one attached hydrogen (secondary N) is 1. The van der Waals surface area contributed by atoms with Gasteiger partial charge in [-0.3, -0.25) is 4.79 Å². The number of anilines is 1. The maximum Gasteiger partial charge on any atom is 0.265 e. The minimum atomic E-state index is -0.655. The fraction of sp³-hybridized carbons (Fsp3) is 0.188. The molecule has 0 aliphatic heterocycles. The number of hydrogen-bond acceptors (Lipinski definition) is 3. The van der Waals surface area contributed by atoms with E-state index in [1.54, 1.807) is 25.1 Å². The number of benzene rings is 2. The Balaban J connectivity index is 1.99. The first-order valence-corrected chi connectivity index (χ1v) is 6.38. The molecule has 0 saturated carbocycles. The van der Waals surface area contributed by atoms with Gasteiger partial charge in [-0.25, -0.2) is 0 Å². The number of carbonyl (C=O) groups is 1. The lowest BCUT2D eigenvalue weighted by atomic mass is 10.2. The first-order chi connectivity index (χ1) is 9.56. The van der Waals surface area contributed by atoms with E-state index in [-0.39, 0.29) is 11.7 Å². The SMILES string of the molecule is Cc1ccc(O[C@@H](C)C(=O)Nc2ccccc2O)cc1. The van der Waals surface area contributed by atoms with Crippen LogP contribution in [0.2, 0.25) is 0 Å². The van der Waals surface area contributed by atoms with Crippen molar-refractivity contribution in [2.24, 2.45) is 0 Å². The zero-order valence-electron chi connectivity index (χ0n) is 11.5. The minimum absolute atomic E-state index is 0.0309. The molecule has 20 heavy (non-hydrogen) atoms. The van der Waals surface area contributed by atoms with Crippen molar-refractivity contribution in [2.75, 3.05) is 5.32 Å². The number of aryl methyl sites for hydroxylation is 1. The van der Waals surface area contributed by atoms with Crippen LogP contribution in [0.4, 0.5) is 5.69 Å². The second kappa shape index (κ2) is 6.10. The highest BCUT2D eigenvalue weighted by Gasteiger charge is 2.15. The summed E-state index contributed by atoms with van der Waals surface area (Å²) in [4.78, 5) is 12.0. The molecule has 1 amide bonds. The molecule has 2 aromatic carbocycles. The molecule has 0 aliphatic rings. The van der Waals surface area contributed by atoms with Gasteiger partial charge in [0.25, 0.3) is 5.91 Å². The Morgan fingerprint density at radius 3 is 2.45 bits per heavy atom. The van der Waals surface area contributed by atoms with Gasteiger partial charge in [0, 0.05) is 0 Å². The topological polar surface area (TPSA) is 58.6 Å². The Morgan fingerprint density at radius 2 is 1.80 bits per heavy atom. The molecule has 4 heteroatoms. The number of phenolic OH excluding ortho intramolecular Hbond substituents is 1. The molecule has 0 unspecified atom stereocenters. The summed E-state index contributed by atoms with van der Waals surface area (Å²) in [7, 11) is 0. The van der Waals surface area contributed by atoms with Crippen molar-refractivity contribution >= 4 is 11.6 Å². The lowest BCUT2D eigenvalue weighted by Crippen LogP contribution is -2.30. The number of para-hydroxylation sites is 2. The quantitative estimate of drug-likeness (QED) is 0.840. The Bertz CT molecular complexity index is 593. The van der Waals surface area contributed by atoms with Crippen LogP contribution in [0, 0.1) is 6.92 Å². The zero-order chi connectivity index (χ0) is 14.5. The normalized spacial score (nSPS) is 11.7. The van der Waals surface area contributed by atoms with Gasteiger partial charge in [0.05, 0.1) is 5.69 Å². The Labute approximate surface area is 118 Å². The van der Waals surface area contributed by atoms with Crippen molar-refractivity contribution < 1.29 is 14.6 Å². The number of rotatable bonds is 4. The van der Waals surface area contributed by atoms with Gasteiger partial charge in [-0.05, 0) is 38.1 Å². The predicted octanol–water partition coefficient (Wildman–Crippen LogP) is 3.11. The van der Waals surface area contributed by atoms with Gasteiger partial charge >= 0.3 is 0 Å². The van der Waals surface area contributed by atoms with Gasteiger partial charge in [-0.1, -0.05) is 29.8 Å². The monoisotopic (exact) mass is 271 g/mol. The number of phenols is 1. The van der Waals surface area contributed by atoms with E-state index in [9.17, 15) is 9.90 Å². The maximum atomic E-state index is 12.0. The molecule has 0 aromatic heterocycles. The number of aromatic hydroxyl groups is 1. The van der Waals surface area contributed by atoms with E-state index < -0.39 is 6.10 Å². The van der Waals surface area contributed by atoms with Gasteiger partial charge < -0.3 is 15.2 Å². The van der Waals surface area contributed by atoms with Crippen molar-refractivity contribution in [1.82, 2.24) is 0 Å². The van der Waals surface area contributed by atoms with Crippen LogP contribution < -0.4 is 10.1 Å². The van der Waals surface area contributed by atoms with Gasteiger partial charge in [0.15, 0.2) is 6.10 Å². The third-order valence-electron chi connectivity index (χ3n) is 2.86. The van der Waals surface area contributed by atoms with Crippen LogP contribution in [0.25, 0.3) is 0 Å². The highest BCUT2D eigenvalue weighted by Crippen LogP contribution is 2.22. The average Bonchev–Trinajstić information content (AvgIpc) is 2.44. The average molecular weight is 271 g/mol. The van der Waals surface area contributed by atoms with Gasteiger partial charge in [-0.15, -0.1) is 0 Å². The van der Waals surface area contributed by atoms with E-state index in [0.717, 1.165) is 5.56 Å². The fourth-order valence-corrected chi connectivity index (χ4v) is 1.69. The number of hydrogen-bond donors (Lipinski definition) is 2. The number of amides is 1. The van der Waals surface area contributed by atoms with E-state index in [1.165, 1.54) is 6.07 Å². The number of ether oxygens (including phenoxy) is 1.